The molecule has 5 nitrogen and oxygen atoms in total. The lowest BCUT2D eigenvalue weighted by Crippen LogP contribution is -2.45. The summed E-state index contributed by atoms with van der Waals surface area (Å²) in [5, 5.41) is 0.944. The van der Waals surface area contributed by atoms with Gasteiger partial charge in [0.25, 0.3) is 11.5 Å². The number of hydrogen-bond acceptors (Lipinski definition) is 3. The van der Waals surface area contributed by atoms with Crippen molar-refractivity contribution in [1.82, 2.24) is 9.88 Å². The third-order valence-electron chi connectivity index (χ3n) is 4.19. The minimum Gasteiger partial charge on any atom is -0.459 e. The zero-order chi connectivity index (χ0) is 18.2. The molecule has 0 spiro atoms. The van der Waals surface area contributed by atoms with E-state index in [2.05, 4.69) is 4.98 Å². The summed E-state index contributed by atoms with van der Waals surface area (Å²) in [4.78, 5) is 29.9. The summed E-state index contributed by atoms with van der Waals surface area (Å²) in [6, 6.07) is 11.1. The Bertz CT molecular complexity index is 963. The second-order valence-electron chi connectivity index (χ2n) is 7.25. The number of furan rings is 1. The Balaban J connectivity index is 2.01. The largest absolute Gasteiger partial charge is 0.459 e. The molecular weight excluding hydrogens is 316 g/mol. The SMILES string of the molecule is Cc1ccc2cc(CN(C(=O)c3ccco3)C(C)(C)C)c(=O)[nH]c2c1. The van der Waals surface area contributed by atoms with Crippen LogP contribution in [0.2, 0.25) is 0 Å². The number of hydrogen-bond donors (Lipinski definition) is 1. The third-order valence-corrected chi connectivity index (χ3v) is 4.19. The Morgan fingerprint density at radius 1 is 1.20 bits per heavy atom. The van der Waals surface area contributed by atoms with Gasteiger partial charge in [-0.05, 0) is 62.9 Å². The van der Waals surface area contributed by atoms with E-state index in [9.17, 15) is 9.59 Å². The van der Waals surface area contributed by atoms with E-state index in [0.29, 0.717) is 5.56 Å². The maximum absolute atomic E-state index is 12.8. The Kier molecular flexibility index (Phi) is 4.25. The molecule has 1 N–H and O–H groups in total. The van der Waals surface area contributed by atoms with E-state index in [4.69, 9.17) is 4.42 Å². The van der Waals surface area contributed by atoms with Gasteiger partial charge in [-0.1, -0.05) is 12.1 Å². The molecule has 0 aliphatic rings. The van der Waals surface area contributed by atoms with Gasteiger partial charge < -0.3 is 14.3 Å². The first-order valence-corrected chi connectivity index (χ1v) is 8.24. The van der Waals surface area contributed by atoms with Gasteiger partial charge in [-0.15, -0.1) is 0 Å². The first kappa shape index (κ1) is 17.0. The van der Waals surface area contributed by atoms with Crippen LogP contribution in [0.4, 0.5) is 0 Å². The summed E-state index contributed by atoms with van der Waals surface area (Å²) in [6.45, 7) is 8.00. The van der Waals surface area contributed by atoms with Crippen molar-refractivity contribution in [3.05, 3.63) is 69.9 Å². The lowest BCUT2D eigenvalue weighted by atomic mass is 10.0. The quantitative estimate of drug-likeness (QED) is 0.788. The second kappa shape index (κ2) is 6.24. The van der Waals surface area contributed by atoms with Gasteiger partial charge in [0.1, 0.15) is 0 Å². The predicted molar refractivity (Wildman–Crippen MR) is 97.6 cm³/mol. The van der Waals surface area contributed by atoms with Crippen LogP contribution in [0, 0.1) is 6.92 Å². The average Bonchev–Trinajstić information content (AvgIpc) is 3.05. The van der Waals surface area contributed by atoms with Crippen LogP contribution in [0.25, 0.3) is 10.9 Å². The zero-order valence-electron chi connectivity index (χ0n) is 14.9. The van der Waals surface area contributed by atoms with Gasteiger partial charge in [0.15, 0.2) is 5.76 Å². The standard InChI is InChI=1S/C20H22N2O3/c1-13-7-8-14-11-15(18(23)21-16(14)10-13)12-22(20(2,3)4)19(24)17-6-5-9-25-17/h5-11H,12H2,1-4H3,(H,21,23). The first-order chi connectivity index (χ1) is 11.8. The molecule has 0 fully saturated rings. The highest BCUT2D eigenvalue weighted by Gasteiger charge is 2.29. The van der Waals surface area contributed by atoms with Crippen molar-refractivity contribution in [2.24, 2.45) is 0 Å². The van der Waals surface area contributed by atoms with Crippen molar-refractivity contribution < 1.29 is 9.21 Å². The molecule has 0 saturated carbocycles. The van der Waals surface area contributed by atoms with Crippen LogP contribution in [0.5, 0.6) is 0 Å². The number of amides is 1. The van der Waals surface area contributed by atoms with E-state index < -0.39 is 5.54 Å². The fraction of sp³-hybridized carbons (Fsp3) is 0.300. The summed E-state index contributed by atoms with van der Waals surface area (Å²) < 4.78 is 5.25. The molecule has 2 heterocycles. The van der Waals surface area contributed by atoms with Gasteiger partial charge in [0.05, 0.1) is 12.8 Å². The van der Waals surface area contributed by atoms with Crippen LogP contribution >= 0.6 is 0 Å². The molecule has 5 heteroatoms. The number of carbonyl (C=O) groups excluding carboxylic acids is 1. The number of nitrogens with one attached hydrogen (secondary N) is 1. The van der Waals surface area contributed by atoms with Gasteiger partial charge in [-0.25, -0.2) is 0 Å². The molecule has 0 bridgehead atoms. The fourth-order valence-corrected chi connectivity index (χ4v) is 2.79. The topological polar surface area (TPSA) is 66.3 Å². The number of aromatic nitrogens is 1. The monoisotopic (exact) mass is 338 g/mol. The van der Waals surface area contributed by atoms with Crippen LogP contribution in [0.3, 0.4) is 0 Å². The van der Waals surface area contributed by atoms with E-state index in [-0.39, 0.29) is 23.8 Å². The molecule has 0 aliphatic heterocycles. The number of carbonyl (C=O) groups is 1. The predicted octanol–water partition coefficient (Wildman–Crippen LogP) is 3.87. The normalized spacial score (nSPS) is 11.7. The second-order valence-corrected chi connectivity index (χ2v) is 7.25. The van der Waals surface area contributed by atoms with Crippen molar-refractivity contribution in [2.75, 3.05) is 0 Å². The molecule has 1 aromatic carbocycles. The Morgan fingerprint density at radius 3 is 2.60 bits per heavy atom. The number of H-pyrrole nitrogens is 1. The number of nitrogens with zero attached hydrogens (tertiary/aromatic N) is 1. The van der Waals surface area contributed by atoms with Crippen molar-refractivity contribution in [2.45, 2.75) is 39.8 Å². The molecule has 0 unspecified atom stereocenters. The molecule has 130 valence electrons. The Labute approximate surface area is 146 Å². The zero-order valence-corrected chi connectivity index (χ0v) is 14.9. The van der Waals surface area contributed by atoms with Gasteiger partial charge in [-0.3, -0.25) is 9.59 Å². The minimum absolute atomic E-state index is 0.181. The lowest BCUT2D eigenvalue weighted by molar-refractivity contribution is 0.0525. The van der Waals surface area contributed by atoms with E-state index in [1.165, 1.54) is 6.26 Å². The molecule has 0 radical (unpaired) electrons. The number of pyridine rings is 1. The number of fused-ring (bicyclic) bond motifs is 1. The van der Waals surface area contributed by atoms with Crippen molar-refractivity contribution >= 4 is 16.8 Å². The average molecular weight is 338 g/mol. The highest BCUT2D eigenvalue weighted by atomic mass is 16.3. The van der Waals surface area contributed by atoms with E-state index in [1.807, 2.05) is 52.0 Å². The van der Waals surface area contributed by atoms with Crippen molar-refractivity contribution in [3.63, 3.8) is 0 Å². The molecule has 0 aliphatic carbocycles. The fourth-order valence-electron chi connectivity index (χ4n) is 2.79. The third kappa shape index (κ3) is 3.50. The molecule has 0 saturated heterocycles. The lowest BCUT2D eigenvalue weighted by Gasteiger charge is -2.35. The Hall–Kier alpha value is -2.82. The van der Waals surface area contributed by atoms with Crippen LogP contribution < -0.4 is 5.56 Å². The van der Waals surface area contributed by atoms with Crippen LogP contribution in [-0.4, -0.2) is 21.3 Å². The maximum atomic E-state index is 12.8. The molecule has 2 aromatic heterocycles. The first-order valence-electron chi connectivity index (χ1n) is 8.24. The van der Waals surface area contributed by atoms with E-state index in [0.717, 1.165) is 16.5 Å². The Morgan fingerprint density at radius 2 is 1.96 bits per heavy atom. The summed E-state index contributed by atoms with van der Waals surface area (Å²) in [7, 11) is 0. The highest BCUT2D eigenvalue weighted by Crippen LogP contribution is 2.21. The van der Waals surface area contributed by atoms with E-state index in [1.54, 1.807) is 17.0 Å². The molecule has 25 heavy (non-hydrogen) atoms. The van der Waals surface area contributed by atoms with Crippen molar-refractivity contribution in [3.8, 4) is 0 Å². The van der Waals surface area contributed by atoms with Crippen LogP contribution in [0.1, 0.15) is 42.5 Å². The number of rotatable bonds is 3. The maximum Gasteiger partial charge on any atom is 0.290 e. The molecular formula is C20H22N2O3. The van der Waals surface area contributed by atoms with Crippen LogP contribution in [-0.2, 0) is 6.54 Å². The van der Waals surface area contributed by atoms with E-state index >= 15 is 0 Å². The highest BCUT2D eigenvalue weighted by molar-refractivity contribution is 5.92. The van der Waals surface area contributed by atoms with Gasteiger partial charge in [0, 0.05) is 16.6 Å². The molecule has 3 aromatic rings. The van der Waals surface area contributed by atoms with Gasteiger partial charge in [0.2, 0.25) is 0 Å². The summed E-state index contributed by atoms with van der Waals surface area (Å²) in [5.41, 5.74) is 1.79. The minimum atomic E-state index is -0.460. The summed E-state index contributed by atoms with van der Waals surface area (Å²) in [6.07, 6.45) is 1.47. The molecule has 0 atom stereocenters. The smallest absolute Gasteiger partial charge is 0.290 e. The summed E-state index contributed by atoms with van der Waals surface area (Å²) >= 11 is 0. The summed E-state index contributed by atoms with van der Waals surface area (Å²) in [5.74, 6) is 0.0312. The van der Waals surface area contributed by atoms with Gasteiger partial charge >= 0.3 is 0 Å². The molecule has 3 rings (SSSR count). The van der Waals surface area contributed by atoms with Crippen LogP contribution in [0.15, 0.2) is 51.9 Å². The number of benzene rings is 1. The van der Waals surface area contributed by atoms with Gasteiger partial charge in [-0.2, -0.15) is 0 Å². The molecule has 1 amide bonds. The van der Waals surface area contributed by atoms with Crippen molar-refractivity contribution in [1.29, 1.82) is 0 Å². The number of aryl methyl sites for hydroxylation is 1. The number of aromatic amines is 1.